The molecule has 0 saturated carbocycles. The molecule has 5 heteroatoms. The Morgan fingerprint density at radius 2 is 1.70 bits per heavy atom. The maximum Gasteiger partial charge on any atom is 0.222 e. The lowest BCUT2D eigenvalue weighted by molar-refractivity contribution is 0.397. The van der Waals surface area contributed by atoms with Crippen molar-refractivity contribution in [2.24, 2.45) is 0 Å². The van der Waals surface area contributed by atoms with Gasteiger partial charge in [0.2, 0.25) is 5.88 Å². The molecule has 0 aliphatic heterocycles. The first kappa shape index (κ1) is 25.6. The lowest BCUT2D eigenvalue weighted by Gasteiger charge is -2.14. The van der Waals surface area contributed by atoms with Crippen LogP contribution in [0.4, 0.5) is 0 Å². The standard InChI is InChI=1S/C21H27N3O.C3H8.CH4O/c1-7-15-11-18-19(14(5)12-24(18)8-2)23-20(15)16-9-10-17(13(3)4)22-21(16)25-6;1-3-2;1-2/h9-13H,7-8H2,1-6H3;3H2,1-2H3;2H,1H3. The molecular formula is C25H39N3O2. The van der Waals surface area contributed by atoms with Crippen molar-refractivity contribution in [3.63, 3.8) is 0 Å². The highest BCUT2D eigenvalue weighted by Crippen LogP contribution is 2.34. The maximum atomic E-state index is 7.00. The molecular weight excluding hydrogens is 374 g/mol. The van der Waals surface area contributed by atoms with Crippen LogP contribution >= 0.6 is 0 Å². The van der Waals surface area contributed by atoms with Crippen LogP contribution in [0, 0.1) is 6.92 Å². The Labute approximate surface area is 182 Å². The SMILES string of the molecule is CCC.CCc1cc2c(nc1-c1ccc(C(C)C)nc1OC)c(C)cn2CC.CO. The lowest BCUT2D eigenvalue weighted by Crippen LogP contribution is -2.01. The van der Waals surface area contributed by atoms with E-state index < -0.39 is 0 Å². The van der Waals surface area contributed by atoms with E-state index in [1.165, 1.54) is 23.1 Å². The van der Waals surface area contributed by atoms with Gasteiger partial charge >= 0.3 is 0 Å². The molecule has 0 aliphatic carbocycles. The summed E-state index contributed by atoms with van der Waals surface area (Å²) in [6.45, 7) is 15.9. The van der Waals surface area contributed by atoms with Crippen molar-refractivity contribution in [1.82, 2.24) is 14.5 Å². The van der Waals surface area contributed by atoms with Crippen LogP contribution in [0.3, 0.4) is 0 Å². The quantitative estimate of drug-likeness (QED) is 0.545. The Bertz CT molecular complexity index is 930. The van der Waals surface area contributed by atoms with Gasteiger partial charge in [-0.1, -0.05) is 41.0 Å². The summed E-state index contributed by atoms with van der Waals surface area (Å²) in [6, 6.07) is 6.45. The summed E-state index contributed by atoms with van der Waals surface area (Å²) >= 11 is 0. The average Bonchev–Trinajstić information content (AvgIpc) is 3.09. The van der Waals surface area contributed by atoms with Crippen LogP contribution < -0.4 is 4.74 Å². The largest absolute Gasteiger partial charge is 0.480 e. The minimum absolute atomic E-state index is 0.366. The molecule has 0 atom stereocenters. The molecule has 3 aromatic heterocycles. The highest BCUT2D eigenvalue weighted by Gasteiger charge is 2.17. The second-order valence-corrected chi connectivity index (χ2v) is 7.47. The molecule has 0 aliphatic rings. The number of hydrogen-bond donors (Lipinski definition) is 1. The third-order valence-electron chi connectivity index (χ3n) is 4.76. The van der Waals surface area contributed by atoms with E-state index >= 15 is 0 Å². The molecule has 0 saturated heterocycles. The number of fused-ring (bicyclic) bond motifs is 1. The number of methoxy groups -OCH3 is 1. The molecule has 0 fully saturated rings. The number of hydrogen-bond acceptors (Lipinski definition) is 4. The van der Waals surface area contributed by atoms with Crippen LogP contribution in [0.5, 0.6) is 5.88 Å². The molecule has 0 unspecified atom stereocenters. The zero-order valence-corrected chi connectivity index (χ0v) is 20.2. The number of aliphatic hydroxyl groups excluding tert-OH is 1. The summed E-state index contributed by atoms with van der Waals surface area (Å²) in [5.74, 6) is 1.02. The summed E-state index contributed by atoms with van der Waals surface area (Å²) in [6.07, 6.45) is 4.35. The predicted molar refractivity (Wildman–Crippen MR) is 128 cm³/mol. The molecule has 0 amide bonds. The van der Waals surface area contributed by atoms with Gasteiger partial charge in [-0.15, -0.1) is 0 Å². The molecule has 0 aromatic carbocycles. The highest BCUT2D eigenvalue weighted by molar-refractivity contribution is 5.85. The molecule has 1 N–H and O–H groups in total. The predicted octanol–water partition coefficient (Wildman–Crippen LogP) is 6.15. The third kappa shape index (κ3) is 5.60. The van der Waals surface area contributed by atoms with E-state index in [1.54, 1.807) is 7.11 Å². The minimum Gasteiger partial charge on any atom is -0.480 e. The molecule has 3 aromatic rings. The van der Waals surface area contributed by atoms with E-state index in [-0.39, 0.29) is 0 Å². The first-order valence-electron chi connectivity index (χ1n) is 10.9. The number of aliphatic hydroxyl groups is 1. The zero-order chi connectivity index (χ0) is 22.8. The third-order valence-corrected chi connectivity index (χ3v) is 4.76. The van der Waals surface area contributed by atoms with Gasteiger partial charge in [0.05, 0.1) is 29.4 Å². The van der Waals surface area contributed by atoms with Crippen LogP contribution in [0.25, 0.3) is 22.3 Å². The molecule has 30 heavy (non-hydrogen) atoms. The lowest BCUT2D eigenvalue weighted by atomic mass is 10.0. The average molecular weight is 414 g/mol. The van der Waals surface area contributed by atoms with Gasteiger partial charge in [-0.25, -0.2) is 9.97 Å². The molecule has 0 radical (unpaired) electrons. The molecule has 0 spiro atoms. The Kier molecular flexibility index (Phi) is 10.5. The van der Waals surface area contributed by atoms with Gasteiger partial charge in [-0.3, -0.25) is 0 Å². The van der Waals surface area contributed by atoms with Gasteiger partial charge in [0.1, 0.15) is 0 Å². The summed E-state index contributed by atoms with van der Waals surface area (Å²) in [5, 5.41) is 7.00. The highest BCUT2D eigenvalue weighted by atomic mass is 16.5. The van der Waals surface area contributed by atoms with E-state index in [4.69, 9.17) is 19.8 Å². The van der Waals surface area contributed by atoms with Crippen LogP contribution in [0.15, 0.2) is 24.4 Å². The number of aromatic nitrogens is 3. The fraction of sp³-hybridized carbons (Fsp3) is 0.520. The van der Waals surface area contributed by atoms with Gasteiger partial charge < -0.3 is 14.4 Å². The molecule has 166 valence electrons. The van der Waals surface area contributed by atoms with Crippen LogP contribution in [0.2, 0.25) is 0 Å². The van der Waals surface area contributed by atoms with Gasteiger partial charge in [0.15, 0.2) is 0 Å². The van der Waals surface area contributed by atoms with E-state index in [9.17, 15) is 0 Å². The first-order valence-corrected chi connectivity index (χ1v) is 10.9. The Hall–Kier alpha value is -2.40. The molecule has 3 rings (SSSR count). The summed E-state index contributed by atoms with van der Waals surface area (Å²) in [5.41, 5.74) is 7.66. The molecule has 5 nitrogen and oxygen atoms in total. The van der Waals surface area contributed by atoms with Crippen molar-refractivity contribution >= 4 is 11.0 Å². The molecule has 3 heterocycles. The number of ether oxygens (including phenoxy) is 1. The second-order valence-electron chi connectivity index (χ2n) is 7.47. The van der Waals surface area contributed by atoms with Gasteiger partial charge in [-0.2, -0.15) is 0 Å². The topological polar surface area (TPSA) is 60.2 Å². The van der Waals surface area contributed by atoms with Crippen LogP contribution in [-0.4, -0.2) is 33.9 Å². The Morgan fingerprint density at radius 3 is 2.20 bits per heavy atom. The zero-order valence-electron chi connectivity index (χ0n) is 20.2. The number of nitrogens with zero attached hydrogens (tertiary/aromatic N) is 3. The summed E-state index contributed by atoms with van der Waals surface area (Å²) in [7, 11) is 2.68. The normalized spacial score (nSPS) is 10.4. The van der Waals surface area contributed by atoms with Crippen LogP contribution in [-0.2, 0) is 13.0 Å². The smallest absolute Gasteiger partial charge is 0.222 e. The van der Waals surface area contributed by atoms with Gasteiger partial charge in [0.25, 0.3) is 0 Å². The maximum absolute atomic E-state index is 7.00. The van der Waals surface area contributed by atoms with E-state index in [1.807, 2.05) is 0 Å². The number of aryl methyl sites for hydroxylation is 3. The number of rotatable bonds is 5. The molecule has 0 bridgehead atoms. The monoisotopic (exact) mass is 413 g/mol. The van der Waals surface area contributed by atoms with E-state index in [0.29, 0.717) is 11.8 Å². The second kappa shape index (κ2) is 12.3. The first-order chi connectivity index (χ1) is 14.4. The van der Waals surface area contributed by atoms with Crippen molar-refractivity contribution in [1.29, 1.82) is 0 Å². The fourth-order valence-corrected chi connectivity index (χ4v) is 3.29. The Balaban J connectivity index is 0.000000826. The van der Waals surface area contributed by atoms with E-state index in [0.717, 1.165) is 42.5 Å². The van der Waals surface area contributed by atoms with Gasteiger partial charge in [-0.05, 0) is 55.5 Å². The van der Waals surface area contributed by atoms with Crippen molar-refractivity contribution < 1.29 is 9.84 Å². The van der Waals surface area contributed by atoms with E-state index in [2.05, 4.69) is 77.4 Å². The van der Waals surface area contributed by atoms with Crippen molar-refractivity contribution in [3.05, 3.63) is 41.2 Å². The van der Waals surface area contributed by atoms with Crippen LogP contribution in [0.1, 0.15) is 70.7 Å². The van der Waals surface area contributed by atoms with Crippen molar-refractivity contribution in [2.45, 2.75) is 73.8 Å². The summed E-state index contributed by atoms with van der Waals surface area (Å²) in [4.78, 5) is 9.73. The minimum atomic E-state index is 0.366. The van der Waals surface area contributed by atoms with Crippen molar-refractivity contribution in [3.8, 4) is 17.1 Å². The number of pyridine rings is 2. The van der Waals surface area contributed by atoms with Gasteiger partial charge in [0, 0.05) is 25.5 Å². The van der Waals surface area contributed by atoms with Crippen molar-refractivity contribution in [2.75, 3.05) is 14.2 Å². The summed E-state index contributed by atoms with van der Waals surface area (Å²) < 4.78 is 7.86. The Morgan fingerprint density at radius 1 is 1.07 bits per heavy atom. The fourth-order valence-electron chi connectivity index (χ4n) is 3.29.